The Hall–Kier alpha value is -0.0400. The van der Waals surface area contributed by atoms with Crippen LogP contribution in [0.4, 0.5) is 0 Å². The van der Waals surface area contributed by atoms with Gasteiger partial charge < -0.3 is 15.7 Å². The summed E-state index contributed by atoms with van der Waals surface area (Å²) in [6.45, 7) is 6.65. The van der Waals surface area contributed by atoms with E-state index in [0.29, 0.717) is 6.54 Å². The maximum atomic E-state index is 8.68. The van der Waals surface area contributed by atoms with Crippen molar-refractivity contribution in [3.63, 3.8) is 0 Å². The minimum atomic E-state index is 0. The van der Waals surface area contributed by atoms with Crippen LogP contribution in [0.3, 0.4) is 0 Å². The molecule has 0 atom stereocenters. The summed E-state index contributed by atoms with van der Waals surface area (Å²) >= 11 is 0. The summed E-state index contributed by atoms with van der Waals surface area (Å²) in [5.41, 5.74) is 0. The van der Waals surface area contributed by atoms with Gasteiger partial charge in [-0.2, -0.15) is 0 Å². The topological polar surface area (TPSA) is 56.7 Å². The average Bonchev–Trinajstić information content (AvgIpc) is 2.25. The fraction of sp³-hybridized carbons (Fsp3) is 0.909. The second-order valence-corrected chi connectivity index (χ2v) is 3.47. The van der Waals surface area contributed by atoms with Crippen molar-refractivity contribution in [2.24, 2.45) is 4.99 Å². The number of hydrogen-bond donors (Lipinski definition) is 3. The maximum Gasteiger partial charge on any atom is 0.191 e. The number of hydrogen-bond acceptors (Lipinski definition) is 2. The number of halogens is 1. The molecule has 0 saturated heterocycles. The van der Waals surface area contributed by atoms with Crippen LogP contribution in [0.25, 0.3) is 0 Å². The van der Waals surface area contributed by atoms with Gasteiger partial charge in [0.2, 0.25) is 0 Å². The van der Waals surface area contributed by atoms with Crippen molar-refractivity contribution in [2.45, 2.75) is 39.5 Å². The van der Waals surface area contributed by atoms with Crippen molar-refractivity contribution < 1.29 is 5.11 Å². The fourth-order valence-corrected chi connectivity index (χ4v) is 1.25. The minimum absolute atomic E-state index is 0. The van der Waals surface area contributed by atoms with E-state index in [1.165, 1.54) is 19.3 Å². The zero-order valence-corrected chi connectivity index (χ0v) is 12.8. The smallest absolute Gasteiger partial charge is 0.191 e. The quantitative estimate of drug-likeness (QED) is 0.272. The molecule has 0 aliphatic carbocycles. The molecule has 4 nitrogen and oxygen atoms in total. The molecule has 0 aromatic carbocycles. The number of aliphatic hydroxyl groups is 1. The molecule has 0 aliphatic rings. The van der Waals surface area contributed by atoms with Crippen LogP contribution < -0.4 is 10.6 Å². The first kappa shape index (κ1) is 18.3. The van der Waals surface area contributed by atoms with Crippen molar-refractivity contribution in [1.29, 1.82) is 0 Å². The van der Waals surface area contributed by atoms with E-state index in [-0.39, 0.29) is 30.6 Å². The van der Waals surface area contributed by atoms with Gasteiger partial charge in [-0.05, 0) is 13.3 Å². The number of rotatable bonds is 8. The van der Waals surface area contributed by atoms with Crippen molar-refractivity contribution >= 4 is 29.9 Å². The van der Waals surface area contributed by atoms with Gasteiger partial charge in [-0.25, -0.2) is 0 Å². The first-order chi connectivity index (χ1) is 7.35. The molecule has 0 radical (unpaired) electrons. The highest BCUT2D eigenvalue weighted by Gasteiger charge is 1.94. The normalized spacial score (nSPS) is 10.8. The molecule has 0 spiro atoms. The van der Waals surface area contributed by atoms with E-state index in [1.54, 1.807) is 0 Å². The van der Waals surface area contributed by atoms with E-state index >= 15 is 0 Å². The molecule has 0 amide bonds. The second-order valence-electron chi connectivity index (χ2n) is 3.47. The van der Waals surface area contributed by atoms with Crippen LogP contribution in [0.1, 0.15) is 39.5 Å². The number of nitrogens with zero attached hydrogens (tertiary/aromatic N) is 1. The van der Waals surface area contributed by atoms with Crippen LogP contribution in [0.15, 0.2) is 4.99 Å². The van der Waals surface area contributed by atoms with Crippen LogP contribution in [-0.2, 0) is 0 Å². The third-order valence-corrected chi connectivity index (χ3v) is 2.03. The summed E-state index contributed by atoms with van der Waals surface area (Å²) in [5.74, 6) is 0.808. The Labute approximate surface area is 116 Å². The van der Waals surface area contributed by atoms with Crippen LogP contribution in [0, 0.1) is 0 Å². The molecule has 0 bridgehead atoms. The SMILES string of the molecule is CCCCCCN=C(NCC)NCCO.I. The lowest BCUT2D eigenvalue weighted by atomic mass is 10.2. The van der Waals surface area contributed by atoms with Crippen molar-refractivity contribution in [3.05, 3.63) is 0 Å². The first-order valence-electron chi connectivity index (χ1n) is 5.98. The van der Waals surface area contributed by atoms with Gasteiger partial charge in [0, 0.05) is 19.6 Å². The number of unbranched alkanes of at least 4 members (excludes halogenated alkanes) is 3. The standard InChI is InChI=1S/C11H25N3O.HI/c1-3-5-6-7-8-13-11(12-4-2)14-9-10-15;/h15H,3-10H2,1-2H3,(H2,12,13,14);1H. The van der Waals surface area contributed by atoms with E-state index in [0.717, 1.165) is 25.5 Å². The van der Waals surface area contributed by atoms with E-state index in [4.69, 9.17) is 5.11 Å². The molecular weight excluding hydrogens is 317 g/mol. The summed E-state index contributed by atoms with van der Waals surface area (Å²) in [6.07, 6.45) is 4.94. The van der Waals surface area contributed by atoms with Gasteiger partial charge >= 0.3 is 0 Å². The minimum Gasteiger partial charge on any atom is -0.395 e. The largest absolute Gasteiger partial charge is 0.395 e. The zero-order chi connectivity index (χ0) is 11.4. The summed E-state index contributed by atoms with van der Waals surface area (Å²) in [6, 6.07) is 0. The van der Waals surface area contributed by atoms with Gasteiger partial charge in [0.15, 0.2) is 5.96 Å². The molecule has 0 aromatic heterocycles. The second kappa shape index (κ2) is 15.0. The Morgan fingerprint density at radius 2 is 1.88 bits per heavy atom. The van der Waals surface area contributed by atoms with E-state index in [2.05, 4.69) is 22.5 Å². The van der Waals surface area contributed by atoms with E-state index < -0.39 is 0 Å². The average molecular weight is 343 g/mol. The lowest BCUT2D eigenvalue weighted by Crippen LogP contribution is -2.38. The summed E-state index contributed by atoms with van der Waals surface area (Å²) in [7, 11) is 0. The van der Waals surface area contributed by atoms with Crippen LogP contribution in [0.2, 0.25) is 0 Å². The number of aliphatic hydroxyl groups excluding tert-OH is 1. The van der Waals surface area contributed by atoms with Gasteiger partial charge in [0.05, 0.1) is 6.61 Å². The Morgan fingerprint density at radius 1 is 1.12 bits per heavy atom. The van der Waals surface area contributed by atoms with Gasteiger partial charge in [-0.15, -0.1) is 24.0 Å². The molecule has 5 heteroatoms. The van der Waals surface area contributed by atoms with Crippen LogP contribution in [0.5, 0.6) is 0 Å². The van der Waals surface area contributed by atoms with E-state index in [9.17, 15) is 0 Å². The Morgan fingerprint density at radius 3 is 2.44 bits per heavy atom. The van der Waals surface area contributed by atoms with Crippen molar-refractivity contribution in [1.82, 2.24) is 10.6 Å². The molecule has 0 aliphatic heterocycles. The van der Waals surface area contributed by atoms with Gasteiger partial charge in [-0.3, -0.25) is 4.99 Å². The van der Waals surface area contributed by atoms with Gasteiger partial charge in [0.25, 0.3) is 0 Å². The number of aliphatic imine (C=N–C) groups is 1. The molecule has 16 heavy (non-hydrogen) atoms. The number of nitrogens with one attached hydrogen (secondary N) is 2. The van der Waals surface area contributed by atoms with Gasteiger partial charge in [0.1, 0.15) is 0 Å². The monoisotopic (exact) mass is 343 g/mol. The molecule has 0 fully saturated rings. The summed E-state index contributed by atoms with van der Waals surface area (Å²) in [5, 5.41) is 14.9. The molecule has 3 N–H and O–H groups in total. The van der Waals surface area contributed by atoms with Crippen LogP contribution >= 0.6 is 24.0 Å². The predicted octanol–water partition coefficient (Wildman–Crippen LogP) is 1.73. The highest BCUT2D eigenvalue weighted by molar-refractivity contribution is 14.0. The Kier molecular flexibility index (Phi) is 17.1. The predicted molar refractivity (Wildman–Crippen MR) is 80.6 cm³/mol. The lowest BCUT2D eigenvalue weighted by Gasteiger charge is -2.09. The third kappa shape index (κ3) is 12.0. The lowest BCUT2D eigenvalue weighted by molar-refractivity contribution is 0.300. The summed E-state index contributed by atoms with van der Waals surface area (Å²) < 4.78 is 0. The zero-order valence-electron chi connectivity index (χ0n) is 10.5. The van der Waals surface area contributed by atoms with Crippen molar-refractivity contribution in [2.75, 3.05) is 26.2 Å². The van der Waals surface area contributed by atoms with Crippen LogP contribution in [-0.4, -0.2) is 37.3 Å². The fourth-order valence-electron chi connectivity index (χ4n) is 1.25. The first-order valence-corrected chi connectivity index (χ1v) is 5.98. The number of guanidine groups is 1. The molecule has 0 rings (SSSR count). The molecule has 0 heterocycles. The maximum absolute atomic E-state index is 8.68. The molecule has 98 valence electrons. The van der Waals surface area contributed by atoms with Gasteiger partial charge in [-0.1, -0.05) is 26.2 Å². The Balaban J connectivity index is 0. The van der Waals surface area contributed by atoms with E-state index in [1.807, 2.05) is 6.92 Å². The van der Waals surface area contributed by atoms with Crippen molar-refractivity contribution in [3.8, 4) is 0 Å². The molecular formula is C11H26IN3O. The molecule has 0 aromatic rings. The Bertz CT molecular complexity index is 165. The highest BCUT2D eigenvalue weighted by Crippen LogP contribution is 1.98. The molecule has 0 unspecified atom stereocenters. The summed E-state index contributed by atoms with van der Waals surface area (Å²) in [4.78, 5) is 4.41. The third-order valence-electron chi connectivity index (χ3n) is 2.03. The highest BCUT2D eigenvalue weighted by atomic mass is 127. The molecule has 0 saturated carbocycles.